The largest absolute Gasteiger partial charge is 0.390 e. The molecule has 2 unspecified atom stereocenters. The molecule has 0 aliphatic heterocycles. The zero-order valence-corrected chi connectivity index (χ0v) is 30.7. The van der Waals surface area contributed by atoms with Gasteiger partial charge in [0.1, 0.15) is 18.1 Å². The molecule has 0 saturated carbocycles. The standard InChI is InChI=1S/C37H63N5O6/c1-10-16-28(35(46)38-27(11-2)12-3)39-33(45)22-31(43)29(21-26-17-14-13-15-18-26)41-37(48)34(25(8)9)42-36(47)30(19-23(4)5)40-32(44)20-24(6)7/h13-15,17-18,23-25,27-31,34,43H,10-12,16,19-22H2,1-9H3,(H,38,46)(H,39,45)(H,40,44)(H,41,48)(H,42,47)/t28-,29-,30?,31-,34?/m0/s1. The van der Waals surface area contributed by atoms with Crippen LogP contribution in [0.5, 0.6) is 0 Å². The van der Waals surface area contributed by atoms with Crippen LogP contribution in [0.15, 0.2) is 30.3 Å². The summed E-state index contributed by atoms with van der Waals surface area (Å²) in [7, 11) is 0. The van der Waals surface area contributed by atoms with E-state index >= 15 is 0 Å². The van der Waals surface area contributed by atoms with Gasteiger partial charge < -0.3 is 31.7 Å². The number of nitrogens with one attached hydrogen (secondary N) is 5. The Labute approximate surface area is 288 Å². The van der Waals surface area contributed by atoms with E-state index in [9.17, 15) is 29.1 Å². The Bertz CT molecular complexity index is 1140. The van der Waals surface area contributed by atoms with Crippen LogP contribution in [0.4, 0.5) is 0 Å². The Morgan fingerprint density at radius 2 is 1.23 bits per heavy atom. The second kappa shape index (κ2) is 22.2. The van der Waals surface area contributed by atoms with Gasteiger partial charge in [0.15, 0.2) is 0 Å². The van der Waals surface area contributed by atoms with E-state index in [1.165, 1.54) is 0 Å². The van der Waals surface area contributed by atoms with Crippen LogP contribution >= 0.6 is 0 Å². The third-order valence-electron chi connectivity index (χ3n) is 8.25. The highest BCUT2D eigenvalue weighted by Gasteiger charge is 2.33. The first kappa shape index (κ1) is 42.6. The van der Waals surface area contributed by atoms with Crippen molar-refractivity contribution in [3.8, 4) is 0 Å². The minimum atomic E-state index is -1.29. The molecule has 0 saturated heterocycles. The minimum Gasteiger partial charge on any atom is -0.390 e. The summed E-state index contributed by atoms with van der Waals surface area (Å²) in [5.74, 6) is -2.03. The highest BCUT2D eigenvalue weighted by Crippen LogP contribution is 2.13. The smallest absolute Gasteiger partial charge is 0.243 e. The Hall–Kier alpha value is -3.47. The number of rotatable bonds is 22. The predicted octanol–water partition coefficient (Wildman–Crippen LogP) is 3.77. The summed E-state index contributed by atoms with van der Waals surface area (Å²) in [6.07, 6.45) is 1.97. The summed E-state index contributed by atoms with van der Waals surface area (Å²) in [6, 6.07) is 5.92. The van der Waals surface area contributed by atoms with Crippen LogP contribution in [0.1, 0.15) is 113 Å². The van der Waals surface area contributed by atoms with Crippen molar-refractivity contribution in [3.05, 3.63) is 35.9 Å². The maximum atomic E-state index is 13.8. The molecule has 0 spiro atoms. The molecule has 1 aromatic carbocycles. The summed E-state index contributed by atoms with van der Waals surface area (Å²) in [6.45, 7) is 17.3. The highest BCUT2D eigenvalue weighted by molar-refractivity contribution is 5.92. The predicted molar refractivity (Wildman–Crippen MR) is 190 cm³/mol. The first-order valence-corrected chi connectivity index (χ1v) is 17.8. The van der Waals surface area contributed by atoms with Crippen LogP contribution in [0.25, 0.3) is 0 Å². The molecule has 48 heavy (non-hydrogen) atoms. The van der Waals surface area contributed by atoms with Gasteiger partial charge in [-0.2, -0.15) is 0 Å². The first-order chi connectivity index (χ1) is 22.6. The van der Waals surface area contributed by atoms with E-state index in [1.54, 1.807) is 13.8 Å². The van der Waals surface area contributed by atoms with Crippen LogP contribution in [0.2, 0.25) is 0 Å². The summed E-state index contributed by atoms with van der Waals surface area (Å²) >= 11 is 0. The topological polar surface area (TPSA) is 166 Å². The van der Waals surface area contributed by atoms with Crippen molar-refractivity contribution in [1.29, 1.82) is 0 Å². The molecule has 6 N–H and O–H groups in total. The monoisotopic (exact) mass is 673 g/mol. The molecule has 272 valence electrons. The molecule has 0 radical (unpaired) electrons. The van der Waals surface area contributed by atoms with Gasteiger partial charge in [0.25, 0.3) is 0 Å². The molecule has 0 fully saturated rings. The second-order valence-electron chi connectivity index (χ2n) is 14.1. The number of amides is 5. The van der Waals surface area contributed by atoms with Gasteiger partial charge >= 0.3 is 0 Å². The maximum Gasteiger partial charge on any atom is 0.243 e. The van der Waals surface area contributed by atoms with Gasteiger partial charge in [-0.15, -0.1) is 0 Å². The van der Waals surface area contributed by atoms with E-state index in [-0.39, 0.29) is 54.9 Å². The Morgan fingerprint density at radius 3 is 1.75 bits per heavy atom. The second-order valence-corrected chi connectivity index (χ2v) is 14.1. The van der Waals surface area contributed by atoms with Crippen molar-refractivity contribution < 1.29 is 29.1 Å². The van der Waals surface area contributed by atoms with Crippen LogP contribution < -0.4 is 26.6 Å². The minimum absolute atomic E-state index is 0.0103. The van der Waals surface area contributed by atoms with Crippen LogP contribution in [0, 0.1) is 17.8 Å². The van der Waals surface area contributed by atoms with Crippen LogP contribution in [-0.2, 0) is 30.4 Å². The fourth-order valence-electron chi connectivity index (χ4n) is 5.48. The number of benzene rings is 1. The highest BCUT2D eigenvalue weighted by atomic mass is 16.3. The van der Waals surface area contributed by atoms with Gasteiger partial charge in [-0.1, -0.05) is 99.1 Å². The zero-order chi connectivity index (χ0) is 36.4. The number of carbonyl (C=O) groups excluding carboxylic acids is 5. The van der Waals surface area contributed by atoms with Gasteiger partial charge in [0.05, 0.1) is 18.6 Å². The van der Waals surface area contributed by atoms with Gasteiger partial charge in [0.2, 0.25) is 29.5 Å². The van der Waals surface area contributed by atoms with E-state index in [0.717, 1.165) is 18.4 Å². The molecule has 0 bridgehead atoms. The number of hydrogen-bond acceptors (Lipinski definition) is 6. The third kappa shape index (κ3) is 16.1. The van der Waals surface area contributed by atoms with E-state index in [2.05, 4.69) is 26.6 Å². The molecule has 0 aliphatic rings. The molecule has 5 atom stereocenters. The zero-order valence-electron chi connectivity index (χ0n) is 30.7. The summed E-state index contributed by atoms with van der Waals surface area (Å²) in [5, 5.41) is 25.7. The molecule has 1 rings (SSSR count). The normalized spacial score (nSPS) is 14.6. The average Bonchev–Trinajstić information content (AvgIpc) is 3.00. The molecule has 1 aromatic rings. The van der Waals surface area contributed by atoms with E-state index < -0.39 is 48.0 Å². The molecule has 0 aromatic heterocycles. The first-order valence-electron chi connectivity index (χ1n) is 17.8. The lowest BCUT2D eigenvalue weighted by atomic mass is 9.96. The SMILES string of the molecule is CCC[C@H](NC(=O)C[C@H](O)[C@H](Cc1ccccc1)NC(=O)C(NC(=O)C(CC(C)C)NC(=O)CC(C)C)C(C)C)C(=O)NC(CC)CC. The Kier molecular flexibility index (Phi) is 19.7. The number of aliphatic hydroxyl groups excluding tert-OH is 1. The quantitative estimate of drug-likeness (QED) is 0.110. The molecule has 11 heteroatoms. The van der Waals surface area contributed by atoms with Crippen LogP contribution in [-0.4, -0.2) is 71.0 Å². The van der Waals surface area contributed by atoms with Crippen LogP contribution in [0.3, 0.4) is 0 Å². The summed E-state index contributed by atoms with van der Waals surface area (Å²) in [4.78, 5) is 65.9. The van der Waals surface area contributed by atoms with Gasteiger partial charge in [0, 0.05) is 12.5 Å². The lowest BCUT2D eigenvalue weighted by Crippen LogP contribution is -2.58. The fraction of sp³-hybridized carbons (Fsp3) is 0.703. The Morgan fingerprint density at radius 1 is 0.667 bits per heavy atom. The molecular weight excluding hydrogens is 610 g/mol. The molecule has 11 nitrogen and oxygen atoms in total. The van der Waals surface area contributed by atoms with Crippen molar-refractivity contribution >= 4 is 29.5 Å². The third-order valence-corrected chi connectivity index (χ3v) is 8.25. The maximum absolute atomic E-state index is 13.8. The molecule has 0 heterocycles. The van der Waals surface area contributed by atoms with Gasteiger partial charge in [-0.3, -0.25) is 24.0 Å². The van der Waals surface area contributed by atoms with E-state index in [0.29, 0.717) is 19.3 Å². The fourth-order valence-corrected chi connectivity index (χ4v) is 5.48. The Balaban J connectivity index is 3.16. The summed E-state index contributed by atoms with van der Waals surface area (Å²) < 4.78 is 0. The molecule has 0 aliphatic carbocycles. The average molecular weight is 674 g/mol. The summed E-state index contributed by atoms with van der Waals surface area (Å²) in [5.41, 5.74) is 0.839. The van der Waals surface area contributed by atoms with E-state index in [1.807, 2.05) is 78.8 Å². The number of hydrogen-bond donors (Lipinski definition) is 6. The number of aliphatic hydroxyl groups is 1. The van der Waals surface area contributed by atoms with Crippen molar-refractivity contribution in [2.75, 3.05) is 0 Å². The number of carbonyl (C=O) groups is 5. The van der Waals surface area contributed by atoms with Gasteiger partial charge in [-0.25, -0.2) is 0 Å². The van der Waals surface area contributed by atoms with E-state index in [4.69, 9.17) is 0 Å². The van der Waals surface area contributed by atoms with Crippen molar-refractivity contribution in [1.82, 2.24) is 26.6 Å². The van der Waals surface area contributed by atoms with Crippen molar-refractivity contribution in [2.24, 2.45) is 17.8 Å². The van der Waals surface area contributed by atoms with Crippen molar-refractivity contribution in [3.63, 3.8) is 0 Å². The lowest BCUT2D eigenvalue weighted by Gasteiger charge is -2.30. The van der Waals surface area contributed by atoms with Crippen molar-refractivity contribution in [2.45, 2.75) is 150 Å². The van der Waals surface area contributed by atoms with Gasteiger partial charge in [-0.05, 0) is 55.4 Å². The molecular formula is C37H63N5O6. The molecule has 5 amide bonds. The lowest BCUT2D eigenvalue weighted by molar-refractivity contribution is -0.134.